The molecule has 0 aliphatic rings. The number of carbonyl (C=O) groups is 1. The number of hydrogen-bond acceptors (Lipinski definition) is 2. The van der Waals surface area contributed by atoms with Gasteiger partial charge in [0, 0.05) is 19.0 Å². The summed E-state index contributed by atoms with van der Waals surface area (Å²) < 4.78 is 35.4. The summed E-state index contributed by atoms with van der Waals surface area (Å²) in [5, 5.41) is 2.29. The van der Waals surface area contributed by atoms with E-state index in [1.165, 1.54) is 18.2 Å². The summed E-state index contributed by atoms with van der Waals surface area (Å²) in [5.74, 6) is -0.593. The van der Waals surface area contributed by atoms with Crippen molar-refractivity contribution in [3.05, 3.63) is 34.2 Å². The molecule has 0 atom stereocenters. The minimum absolute atomic E-state index is 0.0320. The number of halogens is 3. The Morgan fingerprint density at radius 1 is 1.35 bits per heavy atom. The number of aromatic nitrogens is 1. The fourth-order valence-corrected chi connectivity index (χ4v) is 1.17. The Kier molecular flexibility index (Phi) is 4.30. The van der Waals surface area contributed by atoms with E-state index < -0.39 is 24.1 Å². The van der Waals surface area contributed by atoms with Gasteiger partial charge in [-0.2, -0.15) is 13.2 Å². The van der Waals surface area contributed by atoms with Crippen LogP contribution >= 0.6 is 0 Å². The predicted molar refractivity (Wildman–Crippen MR) is 54.7 cm³/mol. The molecule has 0 saturated carbocycles. The Morgan fingerprint density at radius 2 is 2.06 bits per heavy atom. The number of alkyl halides is 3. The van der Waals surface area contributed by atoms with E-state index in [-0.39, 0.29) is 18.7 Å². The maximum absolute atomic E-state index is 11.8. The van der Waals surface area contributed by atoms with Gasteiger partial charge in [-0.3, -0.25) is 9.59 Å². The summed E-state index contributed by atoms with van der Waals surface area (Å²) in [6, 6.07) is 4.00. The first-order valence-corrected chi connectivity index (χ1v) is 4.93. The molecule has 2 N–H and O–H groups in total. The first-order valence-electron chi connectivity index (χ1n) is 4.93. The summed E-state index contributed by atoms with van der Waals surface area (Å²) in [7, 11) is 0. The first kappa shape index (κ1) is 13.3. The summed E-state index contributed by atoms with van der Waals surface area (Å²) in [6.45, 7) is -0.0880. The van der Waals surface area contributed by atoms with Gasteiger partial charge < -0.3 is 10.3 Å². The molecule has 94 valence electrons. The average Bonchev–Trinajstić information content (AvgIpc) is 2.23. The van der Waals surface area contributed by atoms with E-state index in [0.717, 1.165) is 0 Å². The molecule has 17 heavy (non-hydrogen) atoms. The number of aromatic amines is 1. The molecule has 4 nitrogen and oxygen atoms in total. The molecular weight excluding hydrogens is 237 g/mol. The van der Waals surface area contributed by atoms with Crippen LogP contribution < -0.4 is 10.9 Å². The molecule has 0 radical (unpaired) electrons. The molecule has 0 aliphatic heterocycles. The number of rotatable bonds is 4. The Hall–Kier alpha value is -1.79. The van der Waals surface area contributed by atoms with Crippen LogP contribution in [0.5, 0.6) is 0 Å². The number of H-pyrrole nitrogens is 1. The van der Waals surface area contributed by atoms with Crippen molar-refractivity contribution in [1.82, 2.24) is 10.3 Å². The molecule has 0 aromatic carbocycles. The normalized spacial score (nSPS) is 11.2. The maximum Gasteiger partial charge on any atom is 0.389 e. The lowest BCUT2D eigenvalue weighted by atomic mass is 10.3. The van der Waals surface area contributed by atoms with E-state index in [1.54, 1.807) is 0 Å². The Labute approximate surface area is 94.8 Å². The fraction of sp³-hybridized carbons (Fsp3) is 0.400. The Bertz CT molecular complexity index is 440. The van der Waals surface area contributed by atoms with Crippen molar-refractivity contribution in [2.45, 2.75) is 19.0 Å². The maximum atomic E-state index is 11.8. The third-order valence-electron chi connectivity index (χ3n) is 1.94. The standard InChI is InChI=1S/C10H11F3N2O2/c11-10(12,13)5-2-6-14-9(17)7-3-1-4-8(16)15-7/h1,3-4H,2,5-6H2,(H,14,17)(H,15,16). The van der Waals surface area contributed by atoms with E-state index in [1.807, 2.05) is 0 Å². The van der Waals surface area contributed by atoms with Gasteiger partial charge in [0.1, 0.15) is 5.69 Å². The van der Waals surface area contributed by atoms with Crippen LogP contribution in [0.3, 0.4) is 0 Å². The highest BCUT2D eigenvalue weighted by atomic mass is 19.4. The van der Waals surface area contributed by atoms with E-state index in [2.05, 4.69) is 10.3 Å². The second kappa shape index (κ2) is 5.51. The molecule has 1 aromatic heterocycles. The van der Waals surface area contributed by atoms with Gasteiger partial charge in [-0.15, -0.1) is 0 Å². The number of pyridine rings is 1. The molecule has 1 heterocycles. The monoisotopic (exact) mass is 248 g/mol. The minimum atomic E-state index is -4.22. The predicted octanol–water partition coefficient (Wildman–Crippen LogP) is 1.45. The second-order valence-electron chi connectivity index (χ2n) is 3.40. The SMILES string of the molecule is O=C(NCCCC(F)(F)F)c1cccc(=O)[nH]1. The summed E-state index contributed by atoms with van der Waals surface area (Å²) in [5.41, 5.74) is -0.405. The highest BCUT2D eigenvalue weighted by Gasteiger charge is 2.25. The van der Waals surface area contributed by atoms with Crippen molar-refractivity contribution in [3.63, 3.8) is 0 Å². The van der Waals surface area contributed by atoms with Gasteiger partial charge in [0.25, 0.3) is 5.91 Å². The van der Waals surface area contributed by atoms with E-state index in [4.69, 9.17) is 0 Å². The zero-order valence-electron chi connectivity index (χ0n) is 8.80. The van der Waals surface area contributed by atoms with Gasteiger partial charge >= 0.3 is 6.18 Å². The van der Waals surface area contributed by atoms with Gasteiger partial charge in [0.15, 0.2) is 0 Å². The lowest BCUT2D eigenvalue weighted by molar-refractivity contribution is -0.135. The van der Waals surface area contributed by atoms with E-state index >= 15 is 0 Å². The van der Waals surface area contributed by atoms with Gasteiger partial charge in [-0.05, 0) is 12.5 Å². The smallest absolute Gasteiger partial charge is 0.351 e. The molecular formula is C10H11F3N2O2. The van der Waals surface area contributed by atoms with Crippen LogP contribution in [0.2, 0.25) is 0 Å². The molecule has 1 aromatic rings. The first-order chi connectivity index (χ1) is 7.88. The van der Waals surface area contributed by atoms with Gasteiger partial charge in [-0.25, -0.2) is 0 Å². The lowest BCUT2D eigenvalue weighted by Crippen LogP contribution is -2.27. The molecule has 0 unspecified atom stereocenters. The van der Waals surface area contributed by atoms with Crippen molar-refractivity contribution in [3.8, 4) is 0 Å². The summed E-state index contributed by atoms with van der Waals surface area (Å²) in [4.78, 5) is 24.5. The lowest BCUT2D eigenvalue weighted by Gasteiger charge is -2.07. The third-order valence-corrected chi connectivity index (χ3v) is 1.94. The van der Waals surface area contributed by atoms with Crippen LogP contribution in [-0.4, -0.2) is 23.6 Å². The molecule has 1 rings (SSSR count). The molecule has 0 bridgehead atoms. The zero-order chi connectivity index (χ0) is 12.9. The Morgan fingerprint density at radius 3 is 2.65 bits per heavy atom. The van der Waals surface area contributed by atoms with Crippen molar-refractivity contribution >= 4 is 5.91 Å². The van der Waals surface area contributed by atoms with Crippen LogP contribution in [0.15, 0.2) is 23.0 Å². The topological polar surface area (TPSA) is 62.0 Å². The molecule has 0 spiro atoms. The van der Waals surface area contributed by atoms with Crippen LogP contribution in [0.1, 0.15) is 23.3 Å². The van der Waals surface area contributed by atoms with Crippen molar-refractivity contribution in [2.24, 2.45) is 0 Å². The fourth-order valence-electron chi connectivity index (χ4n) is 1.17. The van der Waals surface area contributed by atoms with Crippen molar-refractivity contribution < 1.29 is 18.0 Å². The van der Waals surface area contributed by atoms with Crippen LogP contribution in [0.4, 0.5) is 13.2 Å². The van der Waals surface area contributed by atoms with Gasteiger partial charge in [0.2, 0.25) is 5.56 Å². The number of hydrogen-bond donors (Lipinski definition) is 2. The van der Waals surface area contributed by atoms with Crippen molar-refractivity contribution in [2.75, 3.05) is 6.54 Å². The highest BCUT2D eigenvalue weighted by molar-refractivity contribution is 5.92. The van der Waals surface area contributed by atoms with Crippen LogP contribution in [0, 0.1) is 0 Å². The second-order valence-corrected chi connectivity index (χ2v) is 3.40. The number of carbonyl (C=O) groups excluding carboxylic acids is 1. The zero-order valence-corrected chi connectivity index (χ0v) is 8.80. The highest BCUT2D eigenvalue weighted by Crippen LogP contribution is 2.20. The number of amides is 1. The van der Waals surface area contributed by atoms with Gasteiger partial charge in [0.05, 0.1) is 0 Å². The van der Waals surface area contributed by atoms with Crippen LogP contribution in [-0.2, 0) is 0 Å². The molecule has 0 aliphatic carbocycles. The molecule has 0 fully saturated rings. The average molecular weight is 248 g/mol. The van der Waals surface area contributed by atoms with Crippen LogP contribution in [0.25, 0.3) is 0 Å². The summed E-state index contributed by atoms with van der Waals surface area (Å²) >= 11 is 0. The molecule has 0 saturated heterocycles. The molecule has 1 amide bonds. The molecule has 7 heteroatoms. The van der Waals surface area contributed by atoms with Crippen molar-refractivity contribution in [1.29, 1.82) is 0 Å². The largest absolute Gasteiger partial charge is 0.389 e. The summed E-state index contributed by atoms with van der Waals surface area (Å²) in [6.07, 6.45) is -5.35. The Balaban J connectivity index is 2.38. The van der Waals surface area contributed by atoms with E-state index in [0.29, 0.717) is 0 Å². The quantitative estimate of drug-likeness (QED) is 0.792. The third kappa shape index (κ3) is 5.19. The van der Waals surface area contributed by atoms with E-state index in [9.17, 15) is 22.8 Å². The van der Waals surface area contributed by atoms with Gasteiger partial charge in [-0.1, -0.05) is 6.07 Å². The minimum Gasteiger partial charge on any atom is -0.351 e. The number of nitrogens with one attached hydrogen (secondary N) is 2.